The molecule has 0 bridgehead atoms. The van der Waals surface area contributed by atoms with Crippen molar-refractivity contribution < 1.29 is 9.53 Å². The molecular formula is C16H31N3O2. The van der Waals surface area contributed by atoms with E-state index < -0.39 is 5.54 Å². The smallest absolute Gasteiger partial charge is 0.243 e. The summed E-state index contributed by atoms with van der Waals surface area (Å²) in [7, 11) is 4.16. The van der Waals surface area contributed by atoms with Crippen molar-refractivity contribution in [3.63, 3.8) is 0 Å². The fourth-order valence-corrected chi connectivity index (χ4v) is 3.64. The van der Waals surface area contributed by atoms with Gasteiger partial charge in [0, 0.05) is 37.6 Å². The zero-order valence-corrected chi connectivity index (χ0v) is 14.2. The number of hydrogen-bond donors (Lipinski definition) is 1. The van der Waals surface area contributed by atoms with Gasteiger partial charge in [-0.3, -0.25) is 4.79 Å². The molecule has 3 unspecified atom stereocenters. The van der Waals surface area contributed by atoms with E-state index in [1.54, 1.807) is 0 Å². The quantitative estimate of drug-likeness (QED) is 0.843. The minimum absolute atomic E-state index is 0.0888. The largest absolute Gasteiger partial charge is 0.378 e. The summed E-state index contributed by atoms with van der Waals surface area (Å²) >= 11 is 0. The molecule has 3 atom stereocenters. The second-order valence-corrected chi connectivity index (χ2v) is 7.35. The topological polar surface area (TPSA) is 58.8 Å². The van der Waals surface area contributed by atoms with Crippen molar-refractivity contribution in [1.29, 1.82) is 0 Å². The number of rotatable bonds is 4. The Bertz CT molecular complexity index is 397. The molecule has 0 spiro atoms. The molecule has 2 N–H and O–H groups in total. The molecule has 5 nitrogen and oxygen atoms in total. The summed E-state index contributed by atoms with van der Waals surface area (Å²) in [6.45, 7) is 8.40. The molecule has 0 aromatic carbocycles. The second-order valence-electron chi connectivity index (χ2n) is 7.35. The van der Waals surface area contributed by atoms with E-state index in [1.807, 2.05) is 11.8 Å². The van der Waals surface area contributed by atoms with Crippen molar-refractivity contribution in [2.75, 3.05) is 33.8 Å². The number of hydrogen-bond acceptors (Lipinski definition) is 4. The number of amides is 1. The lowest BCUT2D eigenvalue weighted by Crippen LogP contribution is -2.76. The fourth-order valence-electron chi connectivity index (χ4n) is 3.64. The third-order valence-electron chi connectivity index (χ3n) is 5.63. The highest BCUT2D eigenvalue weighted by Crippen LogP contribution is 2.50. The molecule has 2 rings (SSSR count). The van der Waals surface area contributed by atoms with Gasteiger partial charge in [0.1, 0.15) is 5.54 Å². The molecule has 0 aromatic heterocycles. The lowest BCUT2D eigenvalue weighted by Gasteiger charge is -2.59. The van der Waals surface area contributed by atoms with E-state index in [4.69, 9.17) is 10.5 Å². The van der Waals surface area contributed by atoms with Crippen LogP contribution in [0.15, 0.2) is 0 Å². The maximum absolute atomic E-state index is 13.0. The normalized spacial score (nSPS) is 35.7. The van der Waals surface area contributed by atoms with Crippen LogP contribution < -0.4 is 5.73 Å². The first-order chi connectivity index (χ1) is 9.74. The molecule has 2 aliphatic rings. The zero-order chi connectivity index (χ0) is 15.8. The molecule has 5 heteroatoms. The predicted octanol–water partition coefficient (Wildman–Crippen LogP) is 1.07. The lowest BCUT2D eigenvalue weighted by molar-refractivity contribution is -0.180. The maximum atomic E-state index is 13.0. The van der Waals surface area contributed by atoms with Gasteiger partial charge in [0.05, 0.1) is 6.10 Å². The Morgan fingerprint density at radius 2 is 2.10 bits per heavy atom. The van der Waals surface area contributed by atoms with Crippen LogP contribution in [0.3, 0.4) is 0 Å². The van der Waals surface area contributed by atoms with Crippen LogP contribution in [-0.2, 0) is 9.53 Å². The van der Waals surface area contributed by atoms with E-state index in [0.717, 1.165) is 25.9 Å². The second kappa shape index (κ2) is 5.86. The van der Waals surface area contributed by atoms with Crippen molar-refractivity contribution in [2.45, 2.75) is 57.7 Å². The summed E-state index contributed by atoms with van der Waals surface area (Å²) in [5.41, 5.74) is 5.44. The summed E-state index contributed by atoms with van der Waals surface area (Å²) in [4.78, 5) is 17.1. The SMILES string of the molecule is CCOC1CC(N)(C(=O)N2CCCC(N(C)C)C2)C1(C)C. The Balaban J connectivity index is 2.06. The number of carbonyl (C=O) groups is 1. The predicted molar refractivity (Wildman–Crippen MR) is 84.0 cm³/mol. The van der Waals surface area contributed by atoms with Crippen molar-refractivity contribution in [2.24, 2.45) is 11.1 Å². The minimum Gasteiger partial charge on any atom is -0.378 e. The van der Waals surface area contributed by atoms with Crippen LogP contribution in [-0.4, -0.2) is 67.2 Å². The molecule has 1 aliphatic heterocycles. The van der Waals surface area contributed by atoms with Gasteiger partial charge in [0.15, 0.2) is 0 Å². The highest BCUT2D eigenvalue weighted by atomic mass is 16.5. The molecule has 1 amide bonds. The monoisotopic (exact) mass is 297 g/mol. The average Bonchev–Trinajstić information content (AvgIpc) is 2.46. The third-order valence-corrected chi connectivity index (χ3v) is 5.63. The van der Waals surface area contributed by atoms with Gasteiger partial charge < -0.3 is 20.3 Å². The molecule has 1 saturated heterocycles. The van der Waals surface area contributed by atoms with E-state index in [2.05, 4.69) is 32.8 Å². The molecule has 0 radical (unpaired) electrons. The van der Waals surface area contributed by atoms with Gasteiger partial charge in [-0.25, -0.2) is 0 Å². The van der Waals surface area contributed by atoms with E-state index in [0.29, 0.717) is 19.1 Å². The summed E-state index contributed by atoms with van der Waals surface area (Å²) in [6.07, 6.45) is 2.93. The fraction of sp³-hybridized carbons (Fsp3) is 0.938. The first kappa shape index (κ1) is 16.7. The van der Waals surface area contributed by atoms with Crippen LogP contribution in [0.25, 0.3) is 0 Å². The zero-order valence-electron chi connectivity index (χ0n) is 14.2. The number of likely N-dealkylation sites (tertiary alicyclic amines) is 1. The minimum atomic E-state index is -0.777. The number of carbonyl (C=O) groups excluding carboxylic acids is 1. The Labute approximate surface area is 128 Å². The summed E-state index contributed by atoms with van der Waals surface area (Å²) in [6, 6.07) is 0.442. The first-order valence-electron chi connectivity index (χ1n) is 8.10. The average molecular weight is 297 g/mol. The van der Waals surface area contributed by atoms with E-state index in [1.165, 1.54) is 0 Å². The Hall–Kier alpha value is -0.650. The van der Waals surface area contributed by atoms with Gasteiger partial charge in [0.2, 0.25) is 5.91 Å². The lowest BCUT2D eigenvalue weighted by atomic mass is 9.54. The van der Waals surface area contributed by atoms with Crippen LogP contribution in [0.5, 0.6) is 0 Å². The standard InChI is InChI=1S/C16H31N3O2/c1-6-21-13-10-16(17,15(13,2)3)14(20)19-9-7-8-12(11-19)18(4)5/h12-13H,6-11,17H2,1-5H3. The number of ether oxygens (including phenoxy) is 1. The van der Waals surface area contributed by atoms with Crippen LogP contribution in [0.2, 0.25) is 0 Å². The van der Waals surface area contributed by atoms with Crippen molar-refractivity contribution in [3.05, 3.63) is 0 Å². The molecule has 2 fully saturated rings. The van der Waals surface area contributed by atoms with Crippen molar-refractivity contribution in [1.82, 2.24) is 9.80 Å². The summed E-state index contributed by atoms with van der Waals surface area (Å²) in [5.74, 6) is 0.106. The maximum Gasteiger partial charge on any atom is 0.243 e. The van der Waals surface area contributed by atoms with Crippen molar-refractivity contribution >= 4 is 5.91 Å². The van der Waals surface area contributed by atoms with Crippen LogP contribution in [0.4, 0.5) is 0 Å². The van der Waals surface area contributed by atoms with E-state index in [-0.39, 0.29) is 17.4 Å². The van der Waals surface area contributed by atoms with Gasteiger partial charge in [-0.1, -0.05) is 13.8 Å². The van der Waals surface area contributed by atoms with Crippen molar-refractivity contribution in [3.8, 4) is 0 Å². The molecule has 1 saturated carbocycles. The van der Waals surface area contributed by atoms with Gasteiger partial charge in [0.25, 0.3) is 0 Å². The van der Waals surface area contributed by atoms with E-state index in [9.17, 15) is 4.79 Å². The summed E-state index contributed by atoms with van der Waals surface area (Å²) in [5, 5.41) is 0. The Morgan fingerprint density at radius 1 is 1.43 bits per heavy atom. The number of piperidine rings is 1. The molecule has 122 valence electrons. The van der Waals surface area contributed by atoms with Gasteiger partial charge in [-0.05, 0) is 33.9 Å². The van der Waals surface area contributed by atoms with Gasteiger partial charge in [-0.2, -0.15) is 0 Å². The molecule has 1 aliphatic carbocycles. The molecule has 0 aromatic rings. The van der Waals surface area contributed by atoms with Gasteiger partial charge in [-0.15, -0.1) is 0 Å². The molecule has 21 heavy (non-hydrogen) atoms. The Kier molecular flexibility index (Phi) is 4.66. The third kappa shape index (κ3) is 2.71. The van der Waals surface area contributed by atoms with Crippen LogP contribution in [0, 0.1) is 5.41 Å². The van der Waals surface area contributed by atoms with E-state index >= 15 is 0 Å². The van der Waals surface area contributed by atoms with Crippen LogP contribution >= 0.6 is 0 Å². The highest BCUT2D eigenvalue weighted by Gasteiger charge is 2.63. The Morgan fingerprint density at radius 3 is 2.62 bits per heavy atom. The molecule has 1 heterocycles. The van der Waals surface area contributed by atoms with Crippen LogP contribution in [0.1, 0.15) is 40.0 Å². The highest BCUT2D eigenvalue weighted by molar-refractivity contribution is 5.89. The first-order valence-corrected chi connectivity index (χ1v) is 8.10. The number of nitrogens with two attached hydrogens (primary N) is 1. The number of nitrogens with zero attached hydrogens (tertiary/aromatic N) is 2. The summed E-state index contributed by atoms with van der Waals surface area (Å²) < 4.78 is 5.73. The molecular weight excluding hydrogens is 266 g/mol. The van der Waals surface area contributed by atoms with Gasteiger partial charge >= 0.3 is 0 Å². The number of likely N-dealkylation sites (N-methyl/N-ethyl adjacent to an activating group) is 1.